The molecule has 0 saturated heterocycles. The Kier molecular flexibility index (Phi) is 6.94. The van der Waals surface area contributed by atoms with Gasteiger partial charge in [0.1, 0.15) is 10.6 Å². The number of benzene rings is 2. The van der Waals surface area contributed by atoms with Gasteiger partial charge in [-0.25, -0.2) is 0 Å². The molecule has 1 amide bonds. The Morgan fingerprint density at radius 1 is 1.10 bits per heavy atom. The first kappa shape index (κ1) is 22.7. The molecule has 0 heterocycles. The van der Waals surface area contributed by atoms with Crippen LogP contribution in [-0.2, 0) is 27.6 Å². The van der Waals surface area contributed by atoms with Crippen LogP contribution >= 0.6 is 0 Å². The molecular formula is C20H22F3NO4S. The highest BCUT2D eigenvalue weighted by molar-refractivity contribution is 7.87. The van der Waals surface area contributed by atoms with Gasteiger partial charge in [-0.1, -0.05) is 32.0 Å². The summed E-state index contributed by atoms with van der Waals surface area (Å²) < 4.78 is 68.4. The molecule has 0 unspecified atom stereocenters. The van der Waals surface area contributed by atoms with Crippen molar-refractivity contribution in [3.8, 4) is 5.75 Å². The molecule has 0 aromatic heterocycles. The van der Waals surface area contributed by atoms with Crippen molar-refractivity contribution in [1.82, 2.24) is 4.90 Å². The summed E-state index contributed by atoms with van der Waals surface area (Å²) >= 11 is 0. The van der Waals surface area contributed by atoms with Crippen molar-refractivity contribution in [3.05, 3.63) is 59.7 Å². The maximum Gasteiger partial charge on any atom is 0.416 e. The van der Waals surface area contributed by atoms with Crippen molar-refractivity contribution in [2.75, 3.05) is 6.54 Å². The maximum atomic E-state index is 12.8. The fraction of sp³-hybridized carbons (Fsp3) is 0.350. The predicted octanol–water partition coefficient (Wildman–Crippen LogP) is 4.48. The van der Waals surface area contributed by atoms with Crippen LogP contribution in [0, 0.1) is 5.92 Å². The fourth-order valence-electron chi connectivity index (χ4n) is 2.66. The smallest absolute Gasteiger partial charge is 0.379 e. The van der Waals surface area contributed by atoms with Crippen LogP contribution in [0.5, 0.6) is 5.75 Å². The lowest BCUT2D eigenvalue weighted by Gasteiger charge is -2.23. The highest BCUT2D eigenvalue weighted by Gasteiger charge is 2.32. The summed E-state index contributed by atoms with van der Waals surface area (Å²) in [6.07, 6.45) is -4.67. The van der Waals surface area contributed by atoms with Gasteiger partial charge in [0.15, 0.2) is 0 Å². The van der Waals surface area contributed by atoms with Gasteiger partial charge in [-0.2, -0.15) is 21.6 Å². The molecule has 5 nitrogen and oxygen atoms in total. The van der Waals surface area contributed by atoms with Gasteiger partial charge in [0, 0.05) is 20.0 Å². The maximum absolute atomic E-state index is 12.8. The monoisotopic (exact) mass is 429 g/mol. The van der Waals surface area contributed by atoms with Crippen LogP contribution < -0.4 is 4.18 Å². The molecule has 0 atom stereocenters. The van der Waals surface area contributed by atoms with Crippen molar-refractivity contribution >= 4 is 16.0 Å². The number of nitrogens with zero attached hydrogens (tertiary/aromatic N) is 1. The second-order valence-corrected chi connectivity index (χ2v) is 8.55. The molecule has 0 fully saturated rings. The van der Waals surface area contributed by atoms with Crippen molar-refractivity contribution in [3.63, 3.8) is 0 Å². The summed E-state index contributed by atoms with van der Waals surface area (Å²) in [7, 11) is -4.46. The van der Waals surface area contributed by atoms with Crippen LogP contribution in [-0.4, -0.2) is 25.8 Å². The highest BCUT2D eigenvalue weighted by atomic mass is 32.2. The van der Waals surface area contributed by atoms with Gasteiger partial charge in [0.25, 0.3) is 0 Å². The van der Waals surface area contributed by atoms with Gasteiger partial charge in [-0.15, -0.1) is 0 Å². The summed E-state index contributed by atoms with van der Waals surface area (Å²) in [5.74, 6) is 0.0780. The number of halogens is 3. The second-order valence-electron chi connectivity index (χ2n) is 7.00. The number of alkyl halides is 3. The Balaban J connectivity index is 2.24. The normalized spacial score (nSPS) is 12.1. The third-order valence-corrected chi connectivity index (χ3v) is 5.20. The summed E-state index contributed by atoms with van der Waals surface area (Å²) in [5, 5.41) is 0. The zero-order valence-electron chi connectivity index (χ0n) is 16.2. The molecule has 0 aliphatic rings. The standard InChI is InChI=1S/C20H22F3NO4S/c1-14(2)12-24(15(3)25)13-16-6-4-8-18(10-16)28-29(26,27)19-9-5-7-17(11-19)20(21,22)23/h4-11,14H,12-13H2,1-3H3. The minimum atomic E-state index is -4.67. The molecular weight excluding hydrogens is 407 g/mol. The molecule has 0 radical (unpaired) electrons. The molecule has 29 heavy (non-hydrogen) atoms. The van der Waals surface area contributed by atoms with E-state index in [4.69, 9.17) is 4.18 Å². The minimum absolute atomic E-state index is 0.0482. The van der Waals surface area contributed by atoms with E-state index in [1.165, 1.54) is 19.1 Å². The molecule has 0 N–H and O–H groups in total. The first-order valence-electron chi connectivity index (χ1n) is 8.84. The van der Waals surface area contributed by atoms with Crippen molar-refractivity contribution in [2.45, 2.75) is 38.4 Å². The van der Waals surface area contributed by atoms with E-state index in [9.17, 15) is 26.4 Å². The molecule has 158 valence electrons. The Bertz CT molecular complexity index is 972. The Labute approximate surface area is 168 Å². The number of amides is 1. The van der Waals surface area contributed by atoms with E-state index < -0.39 is 26.8 Å². The van der Waals surface area contributed by atoms with E-state index in [0.717, 1.165) is 18.2 Å². The average molecular weight is 429 g/mol. The molecule has 2 aromatic rings. The van der Waals surface area contributed by atoms with Crippen LogP contribution in [0.2, 0.25) is 0 Å². The van der Waals surface area contributed by atoms with Crippen molar-refractivity contribution in [1.29, 1.82) is 0 Å². The first-order chi connectivity index (χ1) is 13.4. The van der Waals surface area contributed by atoms with Gasteiger partial charge in [0.05, 0.1) is 5.56 Å². The van der Waals surface area contributed by atoms with Crippen LogP contribution in [0.1, 0.15) is 31.9 Å². The number of hydrogen-bond acceptors (Lipinski definition) is 4. The van der Waals surface area contributed by atoms with Crippen LogP contribution in [0.3, 0.4) is 0 Å². The molecule has 0 aliphatic carbocycles. The average Bonchev–Trinajstić information content (AvgIpc) is 2.60. The third-order valence-electron chi connectivity index (χ3n) is 3.96. The SMILES string of the molecule is CC(=O)N(Cc1cccc(OS(=O)(=O)c2cccc(C(F)(F)F)c2)c1)CC(C)C. The zero-order valence-corrected chi connectivity index (χ0v) is 17.0. The first-order valence-corrected chi connectivity index (χ1v) is 10.3. The second kappa shape index (κ2) is 8.86. The van der Waals surface area contributed by atoms with Crippen LogP contribution in [0.25, 0.3) is 0 Å². The molecule has 2 aromatic carbocycles. The summed E-state index contributed by atoms with van der Waals surface area (Å²) in [4.78, 5) is 12.8. The van der Waals surface area contributed by atoms with Crippen LogP contribution in [0.15, 0.2) is 53.4 Å². The van der Waals surface area contributed by atoms with Crippen molar-refractivity contribution in [2.24, 2.45) is 5.92 Å². The topological polar surface area (TPSA) is 63.7 Å². The number of rotatable bonds is 7. The van der Waals surface area contributed by atoms with E-state index >= 15 is 0 Å². The van der Waals surface area contributed by atoms with Gasteiger partial charge < -0.3 is 9.08 Å². The quantitative estimate of drug-likeness (QED) is 0.609. The Hall–Kier alpha value is -2.55. The zero-order chi connectivity index (χ0) is 21.8. The number of hydrogen-bond donors (Lipinski definition) is 0. The minimum Gasteiger partial charge on any atom is -0.379 e. The third kappa shape index (κ3) is 6.49. The number of carbonyl (C=O) groups is 1. The summed E-state index contributed by atoms with van der Waals surface area (Å²) in [6, 6.07) is 9.45. The highest BCUT2D eigenvalue weighted by Crippen LogP contribution is 2.31. The van der Waals surface area contributed by atoms with Crippen molar-refractivity contribution < 1.29 is 30.6 Å². The molecule has 9 heteroatoms. The van der Waals surface area contributed by atoms with E-state index in [0.29, 0.717) is 18.2 Å². The molecule has 0 saturated carbocycles. The van der Waals surface area contributed by atoms with E-state index in [1.807, 2.05) is 13.8 Å². The number of carbonyl (C=O) groups excluding carboxylic acids is 1. The van der Waals surface area contributed by atoms with E-state index in [2.05, 4.69) is 0 Å². The summed E-state index contributed by atoms with van der Waals surface area (Å²) in [6.45, 7) is 6.17. The predicted molar refractivity (Wildman–Crippen MR) is 102 cm³/mol. The van der Waals surface area contributed by atoms with Gasteiger partial charge >= 0.3 is 16.3 Å². The molecule has 0 bridgehead atoms. The van der Waals surface area contributed by atoms with Crippen LogP contribution in [0.4, 0.5) is 13.2 Å². The lowest BCUT2D eigenvalue weighted by Crippen LogP contribution is -2.31. The fourth-order valence-corrected chi connectivity index (χ4v) is 3.63. The molecule has 0 spiro atoms. The van der Waals surface area contributed by atoms with E-state index in [1.54, 1.807) is 17.0 Å². The Morgan fingerprint density at radius 2 is 1.76 bits per heavy atom. The molecule has 2 rings (SSSR count). The lowest BCUT2D eigenvalue weighted by atomic mass is 10.1. The summed E-state index contributed by atoms with van der Waals surface area (Å²) in [5.41, 5.74) is -0.445. The largest absolute Gasteiger partial charge is 0.416 e. The lowest BCUT2D eigenvalue weighted by molar-refractivity contribution is -0.137. The Morgan fingerprint density at radius 3 is 2.34 bits per heavy atom. The van der Waals surface area contributed by atoms with Gasteiger partial charge in [-0.3, -0.25) is 4.79 Å². The van der Waals surface area contributed by atoms with Gasteiger partial charge in [0.2, 0.25) is 5.91 Å². The molecule has 0 aliphatic heterocycles. The van der Waals surface area contributed by atoms with E-state index in [-0.39, 0.29) is 24.1 Å². The van der Waals surface area contributed by atoms with Gasteiger partial charge in [-0.05, 0) is 41.8 Å².